The fraction of sp³-hybridized carbons (Fsp3) is 0.364. The quantitative estimate of drug-likeness (QED) is 0.617. The van der Waals surface area contributed by atoms with Crippen molar-refractivity contribution in [1.82, 2.24) is 4.90 Å². The van der Waals surface area contributed by atoms with Crippen molar-refractivity contribution in [2.75, 3.05) is 18.3 Å². The highest BCUT2D eigenvalue weighted by Gasteiger charge is 2.18. The normalized spacial score (nSPS) is 11.6. The van der Waals surface area contributed by atoms with Crippen molar-refractivity contribution in [2.24, 2.45) is 0 Å². The molecule has 0 atom stereocenters. The second-order valence-corrected chi connectivity index (χ2v) is 9.74. The van der Waals surface area contributed by atoms with Crippen molar-refractivity contribution in [3.8, 4) is 0 Å². The monoisotopic (exact) mass is 450 g/mol. The molecule has 31 heavy (non-hydrogen) atoms. The van der Waals surface area contributed by atoms with Crippen LogP contribution in [0.25, 0.3) is 0 Å². The Bertz CT molecular complexity index is 1010. The van der Waals surface area contributed by atoms with E-state index in [9.17, 15) is 22.4 Å². The first-order valence-corrected chi connectivity index (χ1v) is 11.2. The van der Waals surface area contributed by atoms with Gasteiger partial charge in [0.15, 0.2) is 0 Å². The highest BCUT2D eigenvalue weighted by molar-refractivity contribution is 7.92. The van der Waals surface area contributed by atoms with Gasteiger partial charge in [0.1, 0.15) is 11.4 Å². The summed E-state index contributed by atoms with van der Waals surface area (Å²) < 4.78 is 45.5. The zero-order valence-corrected chi connectivity index (χ0v) is 18.8. The van der Waals surface area contributed by atoms with Gasteiger partial charge >= 0.3 is 5.97 Å². The van der Waals surface area contributed by atoms with E-state index in [4.69, 9.17) is 4.74 Å². The SMILES string of the molecule is CN(CCCC(=O)OC(C)(C)C)C(=O)c1ccc(S(=O)(=O)Nc2ccc(F)cc2)cc1. The van der Waals surface area contributed by atoms with Crippen molar-refractivity contribution in [2.45, 2.75) is 44.1 Å². The van der Waals surface area contributed by atoms with Gasteiger partial charge in [-0.25, -0.2) is 12.8 Å². The molecular weight excluding hydrogens is 423 g/mol. The molecule has 7 nitrogen and oxygen atoms in total. The molecule has 0 heterocycles. The fourth-order valence-electron chi connectivity index (χ4n) is 2.68. The average molecular weight is 451 g/mol. The molecular formula is C22H27FN2O5S. The van der Waals surface area contributed by atoms with Gasteiger partial charge in [0.2, 0.25) is 0 Å². The van der Waals surface area contributed by atoms with Crippen LogP contribution < -0.4 is 4.72 Å². The second kappa shape index (κ2) is 9.91. The van der Waals surface area contributed by atoms with Crippen molar-refractivity contribution in [1.29, 1.82) is 0 Å². The first kappa shape index (κ1) is 24.3. The first-order valence-electron chi connectivity index (χ1n) is 9.73. The lowest BCUT2D eigenvalue weighted by atomic mass is 10.2. The number of carbonyl (C=O) groups excluding carboxylic acids is 2. The Morgan fingerprint density at radius 1 is 1.03 bits per heavy atom. The molecule has 168 valence electrons. The summed E-state index contributed by atoms with van der Waals surface area (Å²) in [5.41, 5.74) is -0.00122. The van der Waals surface area contributed by atoms with Gasteiger partial charge < -0.3 is 9.64 Å². The molecule has 0 radical (unpaired) electrons. The highest BCUT2D eigenvalue weighted by atomic mass is 32.2. The maximum atomic E-state index is 13.0. The van der Waals surface area contributed by atoms with E-state index < -0.39 is 21.4 Å². The molecule has 0 aliphatic heterocycles. The number of rotatable bonds is 8. The van der Waals surface area contributed by atoms with Crippen LogP contribution in [-0.4, -0.2) is 44.4 Å². The molecule has 0 saturated carbocycles. The number of carbonyl (C=O) groups is 2. The molecule has 1 N–H and O–H groups in total. The Balaban J connectivity index is 1.94. The molecule has 9 heteroatoms. The van der Waals surface area contributed by atoms with E-state index in [1.165, 1.54) is 41.3 Å². The number of amides is 1. The molecule has 0 unspecified atom stereocenters. The number of nitrogens with one attached hydrogen (secondary N) is 1. The van der Waals surface area contributed by atoms with Crippen molar-refractivity contribution >= 4 is 27.6 Å². The smallest absolute Gasteiger partial charge is 0.306 e. The molecule has 0 aliphatic carbocycles. The number of esters is 1. The zero-order chi connectivity index (χ0) is 23.2. The lowest BCUT2D eigenvalue weighted by Crippen LogP contribution is -2.29. The van der Waals surface area contributed by atoms with Crippen LogP contribution in [-0.2, 0) is 19.6 Å². The van der Waals surface area contributed by atoms with Crippen LogP contribution in [0, 0.1) is 5.82 Å². The third-order valence-electron chi connectivity index (χ3n) is 4.15. The van der Waals surface area contributed by atoms with E-state index in [2.05, 4.69) is 4.72 Å². The van der Waals surface area contributed by atoms with Gasteiger partial charge in [-0.3, -0.25) is 14.3 Å². The standard InChI is InChI=1S/C22H27FN2O5S/c1-22(2,3)30-20(26)6-5-15-25(4)21(27)16-7-13-19(14-8-16)31(28,29)24-18-11-9-17(23)10-12-18/h7-14,24H,5-6,15H2,1-4H3. The number of ether oxygens (including phenoxy) is 1. The van der Waals surface area contributed by atoms with E-state index in [-0.39, 0.29) is 28.9 Å². The first-order chi connectivity index (χ1) is 14.4. The summed E-state index contributed by atoms with van der Waals surface area (Å²) in [6.07, 6.45) is 0.645. The largest absolute Gasteiger partial charge is 0.460 e. The Morgan fingerprint density at radius 3 is 2.16 bits per heavy atom. The summed E-state index contributed by atoms with van der Waals surface area (Å²) in [5.74, 6) is -1.09. The number of nitrogens with zero attached hydrogens (tertiary/aromatic N) is 1. The molecule has 0 aliphatic rings. The molecule has 0 spiro atoms. The Hall–Kier alpha value is -2.94. The molecule has 0 aromatic heterocycles. The minimum absolute atomic E-state index is 0.0269. The Kier molecular flexibility index (Phi) is 7.78. The summed E-state index contributed by atoms with van der Waals surface area (Å²) in [6.45, 7) is 5.73. The summed E-state index contributed by atoms with van der Waals surface area (Å²) in [4.78, 5) is 25.7. The predicted octanol–water partition coefficient (Wildman–Crippen LogP) is 3.82. The third kappa shape index (κ3) is 7.67. The third-order valence-corrected chi connectivity index (χ3v) is 5.55. The Morgan fingerprint density at radius 2 is 1.61 bits per heavy atom. The average Bonchev–Trinajstić information content (AvgIpc) is 2.67. The summed E-state index contributed by atoms with van der Waals surface area (Å²) in [7, 11) is -2.27. The molecule has 2 aromatic rings. The van der Waals surface area contributed by atoms with Gasteiger partial charge in [-0.15, -0.1) is 0 Å². The second-order valence-electron chi connectivity index (χ2n) is 8.05. The van der Waals surface area contributed by atoms with Crippen LogP contribution in [0.5, 0.6) is 0 Å². The minimum Gasteiger partial charge on any atom is -0.460 e. The highest BCUT2D eigenvalue weighted by Crippen LogP contribution is 2.18. The number of sulfonamides is 1. The van der Waals surface area contributed by atoms with Crippen molar-refractivity contribution in [3.05, 3.63) is 59.9 Å². The minimum atomic E-state index is -3.88. The lowest BCUT2D eigenvalue weighted by Gasteiger charge is -2.20. The van der Waals surface area contributed by atoms with Gasteiger partial charge in [-0.1, -0.05) is 0 Å². The van der Waals surface area contributed by atoms with E-state index >= 15 is 0 Å². The number of hydrogen-bond donors (Lipinski definition) is 1. The van der Waals surface area contributed by atoms with E-state index in [0.717, 1.165) is 12.1 Å². The maximum absolute atomic E-state index is 13.0. The number of benzene rings is 2. The molecule has 2 aromatic carbocycles. The molecule has 0 fully saturated rings. The van der Waals surface area contributed by atoms with Gasteiger partial charge in [0.05, 0.1) is 4.90 Å². The van der Waals surface area contributed by atoms with Crippen LogP contribution in [0.2, 0.25) is 0 Å². The van der Waals surface area contributed by atoms with Crippen molar-refractivity contribution in [3.63, 3.8) is 0 Å². The molecule has 0 saturated heterocycles. The van der Waals surface area contributed by atoms with E-state index in [1.54, 1.807) is 27.8 Å². The fourth-order valence-corrected chi connectivity index (χ4v) is 3.74. The van der Waals surface area contributed by atoms with E-state index in [1.807, 2.05) is 0 Å². The maximum Gasteiger partial charge on any atom is 0.306 e. The summed E-state index contributed by atoms with van der Waals surface area (Å²) >= 11 is 0. The van der Waals surface area contributed by atoms with Crippen molar-refractivity contribution < 1.29 is 27.1 Å². The number of hydrogen-bond acceptors (Lipinski definition) is 5. The van der Waals surface area contributed by atoms with Crippen LogP contribution in [0.15, 0.2) is 53.4 Å². The Labute approximate surface area is 182 Å². The van der Waals surface area contributed by atoms with Crippen LogP contribution >= 0.6 is 0 Å². The van der Waals surface area contributed by atoms with Crippen LogP contribution in [0.3, 0.4) is 0 Å². The molecule has 2 rings (SSSR count). The number of anilines is 1. The lowest BCUT2D eigenvalue weighted by molar-refractivity contribution is -0.154. The van der Waals surface area contributed by atoms with Crippen LogP contribution in [0.1, 0.15) is 44.0 Å². The van der Waals surface area contributed by atoms with E-state index in [0.29, 0.717) is 18.5 Å². The van der Waals surface area contributed by atoms with Gasteiger partial charge in [-0.05, 0) is 75.7 Å². The predicted molar refractivity (Wildman–Crippen MR) is 116 cm³/mol. The topological polar surface area (TPSA) is 92.8 Å². The van der Waals surface area contributed by atoms with Crippen LogP contribution in [0.4, 0.5) is 10.1 Å². The number of halogens is 1. The molecule has 0 bridgehead atoms. The molecule has 1 amide bonds. The zero-order valence-electron chi connectivity index (χ0n) is 18.0. The van der Waals surface area contributed by atoms with Gasteiger partial charge in [0.25, 0.3) is 15.9 Å². The van der Waals surface area contributed by atoms with Gasteiger partial charge in [-0.2, -0.15) is 0 Å². The summed E-state index contributed by atoms with van der Waals surface area (Å²) in [6, 6.07) is 10.4. The van der Waals surface area contributed by atoms with Gasteiger partial charge in [0, 0.05) is 31.3 Å². The summed E-state index contributed by atoms with van der Waals surface area (Å²) in [5, 5.41) is 0.